The van der Waals surface area contributed by atoms with Crippen LogP contribution >= 0.6 is 11.6 Å². The number of carbonyl (C=O) groups is 1. The molecule has 0 fully saturated rings. The lowest BCUT2D eigenvalue weighted by molar-refractivity contribution is -0.138. The number of ether oxygens (including phenoxy) is 1. The summed E-state index contributed by atoms with van der Waals surface area (Å²) in [6.45, 7) is 7.61. The summed E-state index contributed by atoms with van der Waals surface area (Å²) in [4.78, 5) is 13.7. The summed E-state index contributed by atoms with van der Waals surface area (Å²) in [7, 11) is 1.78. The molecule has 0 aliphatic heterocycles. The van der Waals surface area contributed by atoms with E-state index in [0.717, 1.165) is 5.56 Å². The highest BCUT2D eigenvalue weighted by molar-refractivity contribution is 6.30. The molecule has 4 heteroatoms. The van der Waals surface area contributed by atoms with Crippen LogP contribution < -0.4 is 4.74 Å². The fourth-order valence-electron chi connectivity index (χ4n) is 1.53. The number of aryl methyl sites for hydroxylation is 1. The fraction of sp³-hybridized carbons (Fsp3) is 0.500. The van der Waals surface area contributed by atoms with Crippen molar-refractivity contribution in [1.82, 2.24) is 4.90 Å². The summed E-state index contributed by atoms with van der Waals surface area (Å²) >= 11 is 5.88. The zero-order chi connectivity index (χ0) is 13.9. The number of nitrogens with zero attached hydrogens (tertiary/aromatic N) is 1. The second-order valence-corrected chi connectivity index (χ2v) is 5.15. The SMILES string of the molecule is Cc1cc(Cl)ccc1O[C@H](C)C(=O)N(C)C(C)C. The van der Waals surface area contributed by atoms with Crippen molar-refractivity contribution in [2.24, 2.45) is 0 Å². The maximum absolute atomic E-state index is 12.0. The van der Waals surface area contributed by atoms with E-state index in [-0.39, 0.29) is 11.9 Å². The van der Waals surface area contributed by atoms with Crippen molar-refractivity contribution in [2.75, 3.05) is 7.05 Å². The van der Waals surface area contributed by atoms with Crippen LogP contribution in [0, 0.1) is 6.92 Å². The molecule has 0 radical (unpaired) electrons. The summed E-state index contributed by atoms with van der Waals surface area (Å²) < 4.78 is 5.68. The quantitative estimate of drug-likeness (QED) is 0.840. The fourth-order valence-corrected chi connectivity index (χ4v) is 1.75. The molecule has 0 heterocycles. The maximum Gasteiger partial charge on any atom is 0.263 e. The van der Waals surface area contributed by atoms with Gasteiger partial charge >= 0.3 is 0 Å². The van der Waals surface area contributed by atoms with Gasteiger partial charge in [0.25, 0.3) is 5.91 Å². The van der Waals surface area contributed by atoms with E-state index in [9.17, 15) is 4.79 Å². The van der Waals surface area contributed by atoms with Gasteiger partial charge in [0.1, 0.15) is 5.75 Å². The van der Waals surface area contributed by atoms with Crippen LogP contribution in [0.2, 0.25) is 5.02 Å². The van der Waals surface area contributed by atoms with Crippen LogP contribution in [0.4, 0.5) is 0 Å². The Morgan fingerprint density at radius 2 is 1.94 bits per heavy atom. The molecule has 0 spiro atoms. The smallest absolute Gasteiger partial charge is 0.263 e. The largest absolute Gasteiger partial charge is 0.481 e. The lowest BCUT2D eigenvalue weighted by Gasteiger charge is -2.25. The second kappa shape index (κ2) is 6.10. The predicted octanol–water partition coefficient (Wildman–Crippen LogP) is 3.28. The number of likely N-dealkylation sites (N-methyl/N-ethyl adjacent to an activating group) is 1. The van der Waals surface area contributed by atoms with Crippen LogP contribution in [0.5, 0.6) is 5.75 Å². The van der Waals surface area contributed by atoms with Crippen LogP contribution in [0.1, 0.15) is 26.3 Å². The molecule has 0 N–H and O–H groups in total. The summed E-state index contributed by atoms with van der Waals surface area (Å²) in [5, 5.41) is 0.665. The topological polar surface area (TPSA) is 29.5 Å². The number of halogens is 1. The Labute approximate surface area is 114 Å². The van der Waals surface area contributed by atoms with E-state index in [2.05, 4.69) is 0 Å². The first-order valence-corrected chi connectivity index (χ1v) is 6.40. The Kier molecular flexibility index (Phi) is 5.03. The highest BCUT2D eigenvalue weighted by atomic mass is 35.5. The summed E-state index contributed by atoms with van der Waals surface area (Å²) in [5.74, 6) is 0.664. The normalized spacial score (nSPS) is 12.4. The first kappa shape index (κ1) is 14.8. The Hall–Kier alpha value is -1.22. The zero-order valence-electron chi connectivity index (χ0n) is 11.5. The molecule has 1 rings (SSSR count). The maximum atomic E-state index is 12.0. The molecule has 0 aliphatic carbocycles. The molecule has 100 valence electrons. The first-order valence-electron chi connectivity index (χ1n) is 6.02. The summed E-state index contributed by atoms with van der Waals surface area (Å²) in [5.41, 5.74) is 0.925. The van der Waals surface area contributed by atoms with E-state index in [1.165, 1.54) is 0 Å². The Bertz CT molecular complexity index is 432. The monoisotopic (exact) mass is 269 g/mol. The minimum atomic E-state index is -0.503. The third-order valence-corrected chi connectivity index (χ3v) is 3.15. The van der Waals surface area contributed by atoms with Gasteiger partial charge in [0.05, 0.1) is 0 Å². The van der Waals surface area contributed by atoms with E-state index in [0.29, 0.717) is 10.8 Å². The molecule has 0 saturated heterocycles. The highest BCUT2D eigenvalue weighted by Crippen LogP contribution is 2.23. The van der Waals surface area contributed by atoms with Crippen LogP contribution in [0.15, 0.2) is 18.2 Å². The van der Waals surface area contributed by atoms with Gasteiger partial charge < -0.3 is 9.64 Å². The Morgan fingerprint density at radius 1 is 1.33 bits per heavy atom. The summed E-state index contributed by atoms with van der Waals surface area (Å²) in [6, 6.07) is 5.53. The average molecular weight is 270 g/mol. The van der Waals surface area contributed by atoms with Crippen LogP contribution in [-0.4, -0.2) is 30.0 Å². The standard InChI is InChI=1S/C14H20ClNO2/c1-9(2)16(5)14(17)11(4)18-13-7-6-12(15)8-10(13)3/h6-9,11H,1-5H3/t11-/m1/s1. The minimum Gasteiger partial charge on any atom is -0.481 e. The second-order valence-electron chi connectivity index (χ2n) is 4.71. The Balaban J connectivity index is 2.75. The molecule has 0 aliphatic rings. The van der Waals surface area contributed by atoms with E-state index in [1.54, 1.807) is 31.0 Å². The van der Waals surface area contributed by atoms with Gasteiger partial charge in [-0.05, 0) is 51.5 Å². The molecule has 1 amide bonds. The van der Waals surface area contributed by atoms with Gasteiger partial charge in [0.15, 0.2) is 6.10 Å². The number of hydrogen-bond donors (Lipinski definition) is 0. The molecule has 0 bridgehead atoms. The molecule has 0 saturated carbocycles. The molecule has 0 aromatic heterocycles. The minimum absolute atomic E-state index is 0.0284. The van der Waals surface area contributed by atoms with Crippen molar-refractivity contribution in [2.45, 2.75) is 39.8 Å². The van der Waals surface area contributed by atoms with Gasteiger partial charge in [-0.3, -0.25) is 4.79 Å². The molecule has 1 aromatic rings. The number of benzene rings is 1. The van der Waals surface area contributed by atoms with Crippen LogP contribution in [0.3, 0.4) is 0 Å². The third kappa shape index (κ3) is 3.64. The van der Waals surface area contributed by atoms with E-state index in [1.807, 2.05) is 26.8 Å². The molecule has 3 nitrogen and oxygen atoms in total. The van der Waals surface area contributed by atoms with Crippen molar-refractivity contribution in [3.8, 4) is 5.75 Å². The van der Waals surface area contributed by atoms with Gasteiger partial charge in [-0.15, -0.1) is 0 Å². The van der Waals surface area contributed by atoms with Gasteiger partial charge in [0.2, 0.25) is 0 Å². The van der Waals surface area contributed by atoms with Crippen molar-refractivity contribution in [3.05, 3.63) is 28.8 Å². The third-order valence-electron chi connectivity index (χ3n) is 2.91. The van der Waals surface area contributed by atoms with E-state index < -0.39 is 6.10 Å². The van der Waals surface area contributed by atoms with Crippen LogP contribution in [0.25, 0.3) is 0 Å². The number of amides is 1. The van der Waals surface area contributed by atoms with Crippen molar-refractivity contribution in [1.29, 1.82) is 0 Å². The van der Waals surface area contributed by atoms with Crippen molar-refractivity contribution >= 4 is 17.5 Å². The molecule has 0 unspecified atom stereocenters. The number of hydrogen-bond acceptors (Lipinski definition) is 2. The van der Waals surface area contributed by atoms with Crippen molar-refractivity contribution in [3.63, 3.8) is 0 Å². The lowest BCUT2D eigenvalue weighted by atomic mass is 10.2. The number of carbonyl (C=O) groups excluding carboxylic acids is 1. The Morgan fingerprint density at radius 3 is 2.44 bits per heavy atom. The van der Waals surface area contributed by atoms with E-state index >= 15 is 0 Å². The predicted molar refractivity (Wildman–Crippen MR) is 74.2 cm³/mol. The molecular weight excluding hydrogens is 250 g/mol. The first-order chi connectivity index (χ1) is 8.32. The summed E-state index contributed by atoms with van der Waals surface area (Å²) in [6.07, 6.45) is -0.503. The lowest BCUT2D eigenvalue weighted by Crippen LogP contribution is -2.41. The zero-order valence-corrected chi connectivity index (χ0v) is 12.3. The van der Waals surface area contributed by atoms with Crippen molar-refractivity contribution < 1.29 is 9.53 Å². The molecular formula is C14H20ClNO2. The molecule has 1 aromatic carbocycles. The molecule has 18 heavy (non-hydrogen) atoms. The van der Waals surface area contributed by atoms with Gasteiger partial charge in [-0.25, -0.2) is 0 Å². The highest BCUT2D eigenvalue weighted by Gasteiger charge is 2.21. The van der Waals surface area contributed by atoms with E-state index in [4.69, 9.17) is 16.3 Å². The van der Waals surface area contributed by atoms with Gasteiger partial charge in [-0.2, -0.15) is 0 Å². The number of rotatable bonds is 4. The van der Waals surface area contributed by atoms with Crippen LogP contribution in [-0.2, 0) is 4.79 Å². The molecule has 1 atom stereocenters. The average Bonchev–Trinajstić information content (AvgIpc) is 2.30. The van der Waals surface area contributed by atoms with Gasteiger partial charge in [0, 0.05) is 18.1 Å². The van der Waals surface area contributed by atoms with Gasteiger partial charge in [-0.1, -0.05) is 11.6 Å².